The van der Waals surface area contributed by atoms with E-state index in [9.17, 15) is 0 Å². The molecule has 0 fully saturated rings. The predicted molar refractivity (Wildman–Crippen MR) is 573 cm³/mol. The molecule has 20 heteroatoms. The van der Waals surface area contributed by atoms with Gasteiger partial charge in [0.2, 0.25) is 0 Å². The molecule has 0 spiro atoms. The van der Waals surface area contributed by atoms with Gasteiger partial charge in [-0.15, -0.1) is 64.7 Å². The van der Waals surface area contributed by atoms with Gasteiger partial charge in [0.15, 0.2) is 0 Å². The van der Waals surface area contributed by atoms with E-state index in [-0.39, 0.29) is 105 Å². The average molecular weight is 2690 g/mol. The Morgan fingerprint density at radius 1 is 0.261 bits per heavy atom. The summed E-state index contributed by atoms with van der Waals surface area (Å²) in [7, 11) is 0. The Morgan fingerprint density at radius 3 is 1.17 bits per heavy atom. The van der Waals surface area contributed by atoms with Gasteiger partial charge in [-0.2, -0.15) is 24.3 Å². The minimum absolute atomic E-state index is 0. The van der Waals surface area contributed by atoms with Crippen LogP contribution in [0.1, 0.15) is 69.2 Å². The largest absolute Gasteiger partial charge is 0.384 e. The van der Waals surface area contributed by atoms with Gasteiger partial charge in [-0.05, 0) is 119 Å². The van der Waals surface area contributed by atoms with Crippen LogP contribution >= 0.6 is 0 Å². The van der Waals surface area contributed by atoms with Crippen LogP contribution in [0.25, 0.3) is 225 Å². The van der Waals surface area contributed by atoms with Gasteiger partial charge in [0, 0.05) is 239 Å². The van der Waals surface area contributed by atoms with Crippen molar-refractivity contribution in [2.24, 2.45) is 0 Å². The molecular weight excluding hydrogens is 2590 g/mol. The Bertz CT molecular complexity index is 8570. The number of hydrogen-bond donors (Lipinski definition) is 0. The summed E-state index contributed by atoms with van der Waals surface area (Å²) in [6, 6.07) is 135. The van der Waals surface area contributed by atoms with E-state index in [1.807, 2.05) is 191 Å². The molecule has 0 N–H and O–H groups in total. The van der Waals surface area contributed by atoms with E-state index in [4.69, 9.17) is 9.97 Å². The smallest absolute Gasteiger partial charge is 0.148 e. The van der Waals surface area contributed by atoms with Crippen LogP contribution in [0.3, 0.4) is 0 Å². The molecule has 15 nitrogen and oxygen atoms in total. The van der Waals surface area contributed by atoms with Crippen molar-refractivity contribution in [1.29, 1.82) is 0 Å². The number of nitrogens with zero attached hydrogens (tertiary/aromatic N) is 15. The van der Waals surface area contributed by atoms with Gasteiger partial charge in [-0.3, -0.25) is 24.5 Å². The molecule has 142 heavy (non-hydrogen) atoms. The van der Waals surface area contributed by atoms with Gasteiger partial charge in [0.1, 0.15) is 18.1 Å². The fourth-order valence-electron chi connectivity index (χ4n) is 18.4. The van der Waals surface area contributed by atoms with E-state index >= 15 is 0 Å². The van der Waals surface area contributed by atoms with Gasteiger partial charge in [0.25, 0.3) is 0 Å². The number of para-hydroxylation sites is 11. The Hall–Kier alpha value is -14.1. The first-order chi connectivity index (χ1) is 68.1. The van der Waals surface area contributed by atoms with Crippen molar-refractivity contribution in [3.63, 3.8) is 0 Å². The molecule has 28 aromatic rings. The zero-order valence-electron chi connectivity index (χ0n) is 79.9. The van der Waals surface area contributed by atoms with Crippen molar-refractivity contribution in [1.82, 2.24) is 72.7 Å². The quantitative estimate of drug-likeness (QED) is 0.120. The standard InChI is InChI=1S/3C24H14N3.2C20H12N3.5C2H6.5W/c2*1-3-11-20-17(8-1)18-9-2-4-12-21(18)27(20)22-15-16-7-5-13-25-23(16)24-19(22)10-6-14-26-24;1-3-9-20-18(7-1)19-8-2-4-10-21(19)27(20)22-14-13-17-12-11-16-6-5-15-25-23(16)24(17)26-22;1-4-10-17-14(7-1)13-21-20(22-17)23-18-11-5-2-8-15(18)16-9-3-6-12-19(16)23;1-3-7-19-16(5-1)17-6-2-4-8-20(17)23(19)15-9-10-18-14(11-15)12-21-13-22-18;5*1-2;;;;;/h1-13,15H;1-14H;1-10,12-15H;1-12H;1-9,11-13H;5*1-2H3;;;;;/q5*-1;;;;;;;;;;. The molecular formula is C122H96N15W5-5. The molecule has 15 aromatic carbocycles. The number of rotatable bonds is 5. The summed E-state index contributed by atoms with van der Waals surface area (Å²) in [6.07, 6.45) is 16.7. The van der Waals surface area contributed by atoms with Crippen molar-refractivity contribution in [3.8, 4) is 28.8 Å². The van der Waals surface area contributed by atoms with Crippen LogP contribution in [0.4, 0.5) is 0 Å². The molecule has 0 aliphatic carbocycles. The van der Waals surface area contributed by atoms with Crippen LogP contribution in [0.15, 0.2) is 401 Å². The fraction of sp³-hybridized carbons (Fsp3) is 0.0820. The number of aromatic nitrogens is 15. The SMILES string of the molecule is CC.CC.CC.CC.CC.[W].[W].[W].[W].[W].[c-]1c(-n2c3ccccc3c3ccccc32)c2cccnc2c2ncccc12.[c-]1cc(-n2c3ccccc3c3ccccc32)cc2cncnc12.[c-]1cc2ccc(-n3c4ccccc4c4ccccc43)nc2c2ncccc12.[c-]1ccc2c(-n3c4ccccc4c4ccccc43)cc3cccnc3c2n1.[c-]1nc(-n2c3ccccc3c3ccccc32)nc2ccccc12. The molecule has 0 aliphatic heterocycles. The van der Waals surface area contributed by atoms with Crippen LogP contribution in [0, 0.1) is 30.6 Å². The van der Waals surface area contributed by atoms with Crippen LogP contribution in [0.5, 0.6) is 0 Å². The first kappa shape index (κ1) is 104. The summed E-state index contributed by atoms with van der Waals surface area (Å²) in [5.41, 5.74) is 22.0. The minimum atomic E-state index is 0. The van der Waals surface area contributed by atoms with E-state index in [0.29, 0.717) is 5.95 Å². The molecule has 0 radical (unpaired) electrons. The molecule has 0 unspecified atom stereocenters. The van der Waals surface area contributed by atoms with Gasteiger partial charge < -0.3 is 43.2 Å². The third-order valence-electron chi connectivity index (χ3n) is 23.9. The van der Waals surface area contributed by atoms with Crippen molar-refractivity contribution in [2.45, 2.75) is 69.2 Å². The normalized spacial score (nSPS) is 10.6. The van der Waals surface area contributed by atoms with Crippen LogP contribution < -0.4 is 0 Å². The molecule has 0 saturated carbocycles. The van der Waals surface area contributed by atoms with Gasteiger partial charge >= 0.3 is 0 Å². The van der Waals surface area contributed by atoms with Crippen molar-refractivity contribution in [3.05, 3.63) is 432 Å². The summed E-state index contributed by atoms with van der Waals surface area (Å²) in [5, 5.41) is 20.5. The molecule has 0 aliphatic rings. The first-order valence-electron chi connectivity index (χ1n) is 46.9. The first-order valence-corrected chi connectivity index (χ1v) is 46.9. The maximum atomic E-state index is 5.03. The average Bonchev–Trinajstić information content (AvgIpc) is 1.59. The fourth-order valence-corrected chi connectivity index (χ4v) is 18.4. The number of pyridine rings is 6. The molecule has 0 bridgehead atoms. The van der Waals surface area contributed by atoms with Crippen LogP contribution in [-0.2, 0) is 105 Å². The summed E-state index contributed by atoms with van der Waals surface area (Å²) in [5.74, 6) is 1.55. The summed E-state index contributed by atoms with van der Waals surface area (Å²) in [6.45, 7) is 20.0. The van der Waals surface area contributed by atoms with E-state index in [0.717, 1.165) is 132 Å². The van der Waals surface area contributed by atoms with Gasteiger partial charge in [0.05, 0.1) is 33.1 Å². The van der Waals surface area contributed by atoms with Crippen molar-refractivity contribution < 1.29 is 105 Å². The molecule has 13 heterocycles. The zero-order valence-corrected chi connectivity index (χ0v) is 94.5. The summed E-state index contributed by atoms with van der Waals surface area (Å²) >= 11 is 0. The Kier molecular flexibility index (Phi) is 35.0. The van der Waals surface area contributed by atoms with Crippen LogP contribution in [0.2, 0.25) is 0 Å². The second kappa shape index (κ2) is 47.9. The summed E-state index contributed by atoms with van der Waals surface area (Å²) in [4.78, 5) is 45.5. The van der Waals surface area contributed by atoms with Crippen LogP contribution in [-0.4, -0.2) is 72.7 Å². The minimum Gasteiger partial charge on any atom is -0.384 e. The van der Waals surface area contributed by atoms with E-state index in [2.05, 4.69) is 366 Å². The van der Waals surface area contributed by atoms with Gasteiger partial charge in [-0.25, -0.2) is 4.98 Å². The summed E-state index contributed by atoms with van der Waals surface area (Å²) < 4.78 is 11.2. The Morgan fingerprint density at radius 2 is 0.662 bits per heavy atom. The number of fused-ring (bicyclic) bond motifs is 26. The molecule has 0 atom stereocenters. The Balaban J connectivity index is 0.000000137. The monoisotopic (exact) mass is 2690 g/mol. The topological polar surface area (TPSA) is 154 Å². The Labute approximate surface area is 895 Å². The van der Waals surface area contributed by atoms with E-state index in [1.54, 1.807) is 6.33 Å². The second-order valence-electron chi connectivity index (χ2n) is 31.1. The van der Waals surface area contributed by atoms with Gasteiger partial charge in [-0.1, -0.05) is 333 Å². The number of hydrogen-bond acceptors (Lipinski definition) is 10. The number of benzene rings is 15. The molecule has 28 rings (SSSR count). The van der Waals surface area contributed by atoms with Crippen molar-refractivity contribution in [2.75, 3.05) is 0 Å². The maximum Gasteiger partial charge on any atom is 0.148 e. The van der Waals surface area contributed by atoms with E-state index in [1.165, 1.54) is 87.0 Å². The van der Waals surface area contributed by atoms with Crippen molar-refractivity contribution >= 4 is 196 Å². The third-order valence-corrected chi connectivity index (χ3v) is 23.9. The maximum absolute atomic E-state index is 5.03. The molecule has 13 aromatic heterocycles. The second-order valence-corrected chi connectivity index (χ2v) is 31.1. The molecule has 0 amide bonds. The van der Waals surface area contributed by atoms with E-state index < -0.39 is 0 Å². The predicted octanol–water partition coefficient (Wildman–Crippen LogP) is 31.2. The third kappa shape index (κ3) is 19.6. The molecule has 694 valence electrons. The molecule has 0 saturated heterocycles. The zero-order chi connectivity index (χ0) is 93.8.